The predicted molar refractivity (Wildman–Crippen MR) is 141 cm³/mol. The molecule has 1 aromatic carbocycles. The number of rotatable bonds is 9. The third kappa shape index (κ3) is 6.61. The summed E-state index contributed by atoms with van der Waals surface area (Å²) in [6, 6.07) is 9.36. The molecule has 1 N–H and O–H groups in total. The van der Waals surface area contributed by atoms with Crippen molar-refractivity contribution in [2.45, 2.75) is 52.6 Å². The van der Waals surface area contributed by atoms with Gasteiger partial charge in [-0.05, 0) is 61.1 Å². The molecule has 2 atom stereocenters. The first kappa shape index (κ1) is 27.1. The van der Waals surface area contributed by atoms with Gasteiger partial charge in [-0.15, -0.1) is 0 Å². The largest absolute Gasteiger partial charge is 0.469 e. The highest BCUT2D eigenvalue weighted by atomic mass is 35.5. The summed E-state index contributed by atoms with van der Waals surface area (Å²) < 4.78 is 6.34. The molecule has 3 aromatic rings. The average molecular weight is 510 g/mol. The Morgan fingerprint density at radius 2 is 1.89 bits per heavy atom. The molecule has 190 valence electrons. The van der Waals surface area contributed by atoms with E-state index in [9.17, 15) is 14.4 Å². The number of aryl methyl sites for hydroxylation is 2. The molecule has 8 heteroatoms. The van der Waals surface area contributed by atoms with E-state index >= 15 is 0 Å². The van der Waals surface area contributed by atoms with E-state index in [1.165, 1.54) is 17.7 Å². The highest BCUT2D eigenvalue weighted by Crippen LogP contribution is 2.32. The molecule has 0 unspecified atom stereocenters. The number of carbonyl (C=O) groups excluding carboxylic acids is 2. The lowest BCUT2D eigenvalue weighted by Crippen LogP contribution is -2.40. The first-order chi connectivity index (χ1) is 17.1. The zero-order valence-corrected chi connectivity index (χ0v) is 22.0. The molecule has 36 heavy (non-hydrogen) atoms. The molecular formula is C28H32ClN3O4. The minimum atomic E-state index is -0.736. The Bertz CT molecular complexity index is 1280. The predicted octanol–water partition coefficient (Wildman–Crippen LogP) is 5.19. The second-order valence-corrected chi connectivity index (χ2v) is 9.78. The van der Waals surface area contributed by atoms with Crippen LogP contribution < -0.4 is 10.9 Å². The fraction of sp³-hybridized carbons (Fsp3) is 0.357. The van der Waals surface area contributed by atoms with Crippen molar-refractivity contribution in [3.8, 4) is 11.1 Å². The van der Waals surface area contributed by atoms with Gasteiger partial charge in [-0.2, -0.15) is 0 Å². The Balaban J connectivity index is 2.00. The van der Waals surface area contributed by atoms with Crippen molar-refractivity contribution in [1.29, 1.82) is 0 Å². The van der Waals surface area contributed by atoms with Crippen molar-refractivity contribution in [2.75, 3.05) is 7.11 Å². The molecule has 0 spiro atoms. The quantitative estimate of drug-likeness (QED) is 0.401. The van der Waals surface area contributed by atoms with E-state index in [0.717, 1.165) is 22.3 Å². The van der Waals surface area contributed by atoms with E-state index in [-0.39, 0.29) is 23.8 Å². The summed E-state index contributed by atoms with van der Waals surface area (Å²) in [7, 11) is 1.30. The van der Waals surface area contributed by atoms with Crippen molar-refractivity contribution in [2.24, 2.45) is 5.92 Å². The molecule has 1 amide bonds. The van der Waals surface area contributed by atoms with Crippen LogP contribution in [0.2, 0.25) is 5.02 Å². The van der Waals surface area contributed by atoms with E-state index in [2.05, 4.69) is 10.3 Å². The van der Waals surface area contributed by atoms with Crippen LogP contribution in [0, 0.1) is 19.8 Å². The summed E-state index contributed by atoms with van der Waals surface area (Å²) >= 11 is 6.47. The zero-order chi connectivity index (χ0) is 26.4. The summed E-state index contributed by atoms with van der Waals surface area (Å²) in [6.07, 6.45) is 5.31. The number of methoxy groups -OCH3 is 1. The maximum absolute atomic E-state index is 13.6. The number of aromatic nitrogens is 2. The fourth-order valence-corrected chi connectivity index (χ4v) is 4.52. The Morgan fingerprint density at radius 1 is 1.14 bits per heavy atom. The molecule has 0 bridgehead atoms. The van der Waals surface area contributed by atoms with Gasteiger partial charge in [0.05, 0.1) is 19.6 Å². The Labute approximate surface area is 216 Å². The minimum absolute atomic E-state index is 0.0912. The van der Waals surface area contributed by atoms with Crippen molar-refractivity contribution in [1.82, 2.24) is 14.9 Å². The van der Waals surface area contributed by atoms with Crippen molar-refractivity contribution in [3.05, 3.63) is 87.1 Å². The molecule has 0 saturated carbocycles. The van der Waals surface area contributed by atoms with Gasteiger partial charge in [0.25, 0.3) is 5.56 Å². The van der Waals surface area contributed by atoms with Crippen LogP contribution in [-0.2, 0) is 14.3 Å². The molecule has 0 aliphatic heterocycles. The fourth-order valence-electron chi connectivity index (χ4n) is 4.19. The number of ether oxygens (including phenoxy) is 1. The van der Waals surface area contributed by atoms with Crippen LogP contribution in [0.5, 0.6) is 0 Å². The lowest BCUT2D eigenvalue weighted by atomic mass is 9.97. The van der Waals surface area contributed by atoms with Gasteiger partial charge in [0.15, 0.2) is 0 Å². The molecule has 3 rings (SSSR count). The summed E-state index contributed by atoms with van der Waals surface area (Å²) in [4.78, 5) is 42.9. The van der Waals surface area contributed by atoms with Crippen LogP contribution >= 0.6 is 11.6 Å². The van der Waals surface area contributed by atoms with E-state index in [1.54, 1.807) is 30.7 Å². The van der Waals surface area contributed by atoms with Gasteiger partial charge in [-0.3, -0.25) is 19.4 Å². The normalized spacial score (nSPS) is 12.8. The summed E-state index contributed by atoms with van der Waals surface area (Å²) in [5, 5.41) is 3.56. The van der Waals surface area contributed by atoms with Crippen molar-refractivity contribution >= 4 is 23.5 Å². The molecule has 2 heterocycles. The van der Waals surface area contributed by atoms with Crippen LogP contribution in [0.4, 0.5) is 0 Å². The average Bonchev–Trinajstić information content (AvgIpc) is 2.82. The number of pyridine rings is 2. The third-order valence-corrected chi connectivity index (χ3v) is 6.34. The SMILES string of the molecule is COC(=O)C[C@H](NC(=O)[C@H](CC(C)C)n1ccc(C)cc1=O)c1cncc(-c2c(C)cccc2Cl)c1. The standard InChI is InChI=1S/C28H32ClN3O4/c1-17(2)11-24(32-10-9-18(3)12-25(32)33)28(35)31-23(14-26(34)36-5)20-13-21(16-30-15-20)27-19(4)7-6-8-22(27)29/h6-10,12-13,15-17,23-24H,11,14H2,1-5H3,(H,31,35)/t23-,24-/m0/s1. The number of hydrogen-bond acceptors (Lipinski definition) is 5. The van der Waals surface area contributed by atoms with E-state index in [0.29, 0.717) is 17.0 Å². The number of benzene rings is 1. The van der Waals surface area contributed by atoms with Gasteiger partial charge in [-0.25, -0.2) is 0 Å². The topological polar surface area (TPSA) is 90.3 Å². The van der Waals surface area contributed by atoms with Gasteiger partial charge in [-0.1, -0.05) is 37.6 Å². The molecule has 0 aliphatic rings. The second kappa shape index (κ2) is 12.0. The monoisotopic (exact) mass is 509 g/mol. The van der Waals surface area contributed by atoms with Crippen LogP contribution in [0.3, 0.4) is 0 Å². The lowest BCUT2D eigenvalue weighted by Gasteiger charge is -2.25. The number of nitrogens with one attached hydrogen (secondary N) is 1. The first-order valence-corrected chi connectivity index (χ1v) is 12.2. The summed E-state index contributed by atoms with van der Waals surface area (Å²) in [6.45, 7) is 7.77. The molecule has 0 fully saturated rings. The summed E-state index contributed by atoms with van der Waals surface area (Å²) in [5.41, 5.74) is 3.78. The molecule has 7 nitrogen and oxygen atoms in total. The molecule has 0 radical (unpaired) electrons. The smallest absolute Gasteiger partial charge is 0.307 e. The number of halogens is 1. The summed E-state index contributed by atoms with van der Waals surface area (Å²) in [5.74, 6) is -0.684. The highest BCUT2D eigenvalue weighted by Gasteiger charge is 2.27. The Morgan fingerprint density at radius 3 is 2.53 bits per heavy atom. The second-order valence-electron chi connectivity index (χ2n) is 9.38. The maximum atomic E-state index is 13.6. The maximum Gasteiger partial charge on any atom is 0.307 e. The third-order valence-electron chi connectivity index (χ3n) is 6.02. The number of carbonyl (C=O) groups is 2. The zero-order valence-electron chi connectivity index (χ0n) is 21.2. The van der Waals surface area contributed by atoms with Gasteiger partial charge in [0.2, 0.25) is 5.91 Å². The van der Waals surface area contributed by atoms with Crippen LogP contribution in [0.25, 0.3) is 11.1 Å². The molecule has 2 aromatic heterocycles. The first-order valence-electron chi connectivity index (χ1n) is 11.9. The number of amides is 1. The van der Waals surface area contributed by atoms with Gasteiger partial charge >= 0.3 is 5.97 Å². The Hall–Kier alpha value is -3.45. The van der Waals surface area contributed by atoms with E-state index in [4.69, 9.17) is 16.3 Å². The van der Waals surface area contributed by atoms with Crippen LogP contribution in [0.15, 0.2) is 59.8 Å². The number of hydrogen-bond donors (Lipinski definition) is 1. The van der Waals surface area contributed by atoms with E-state index < -0.39 is 18.1 Å². The van der Waals surface area contributed by atoms with Gasteiger partial charge in [0.1, 0.15) is 6.04 Å². The number of nitrogens with zero attached hydrogens (tertiary/aromatic N) is 2. The molecule has 0 saturated heterocycles. The van der Waals surface area contributed by atoms with Gasteiger partial charge < -0.3 is 14.6 Å². The van der Waals surface area contributed by atoms with Crippen LogP contribution in [0.1, 0.15) is 55.5 Å². The lowest BCUT2D eigenvalue weighted by molar-refractivity contribution is -0.141. The van der Waals surface area contributed by atoms with Gasteiger partial charge in [0, 0.05) is 40.8 Å². The highest BCUT2D eigenvalue weighted by molar-refractivity contribution is 6.33. The van der Waals surface area contributed by atoms with E-state index in [1.807, 2.05) is 45.9 Å². The van der Waals surface area contributed by atoms with Crippen molar-refractivity contribution in [3.63, 3.8) is 0 Å². The Kier molecular flexibility index (Phi) is 9.04. The van der Waals surface area contributed by atoms with Crippen molar-refractivity contribution < 1.29 is 14.3 Å². The number of esters is 1. The molecule has 0 aliphatic carbocycles. The van der Waals surface area contributed by atoms with Crippen LogP contribution in [-0.4, -0.2) is 28.5 Å². The minimum Gasteiger partial charge on any atom is -0.469 e. The molecular weight excluding hydrogens is 478 g/mol.